The maximum absolute atomic E-state index is 11.5. The maximum Gasteiger partial charge on any atom is 0.236 e. The summed E-state index contributed by atoms with van der Waals surface area (Å²) in [5, 5.41) is 3.41. The van der Waals surface area contributed by atoms with Gasteiger partial charge in [-0.1, -0.05) is 26.7 Å². The summed E-state index contributed by atoms with van der Waals surface area (Å²) in [6, 6.07) is 0.552. The fourth-order valence-electron chi connectivity index (χ4n) is 2.75. The third-order valence-corrected chi connectivity index (χ3v) is 3.63. The van der Waals surface area contributed by atoms with Crippen molar-refractivity contribution in [2.45, 2.75) is 52.0 Å². The zero-order chi connectivity index (χ0) is 12.8. The van der Waals surface area contributed by atoms with Gasteiger partial charge in [0, 0.05) is 20.1 Å². The molecule has 0 aromatic rings. The molecular weight excluding hydrogens is 212 g/mol. The Hall–Kier alpha value is -0.570. The molecule has 3 heteroatoms. The number of carbonyl (C=O) groups is 1. The van der Waals surface area contributed by atoms with Crippen LogP contribution >= 0.6 is 0 Å². The molecule has 0 radical (unpaired) electrons. The lowest BCUT2D eigenvalue weighted by atomic mass is 9.81. The van der Waals surface area contributed by atoms with E-state index in [2.05, 4.69) is 19.2 Å². The van der Waals surface area contributed by atoms with Gasteiger partial charge in [0.05, 0.1) is 6.54 Å². The molecule has 0 aromatic heterocycles. The minimum absolute atomic E-state index is 0.177. The van der Waals surface area contributed by atoms with Crippen molar-refractivity contribution in [1.29, 1.82) is 0 Å². The van der Waals surface area contributed by atoms with Gasteiger partial charge in [0.15, 0.2) is 0 Å². The number of carbonyl (C=O) groups excluding carboxylic acids is 1. The molecule has 2 unspecified atom stereocenters. The highest BCUT2D eigenvalue weighted by Crippen LogP contribution is 2.29. The van der Waals surface area contributed by atoms with Crippen LogP contribution in [0, 0.1) is 11.8 Å². The summed E-state index contributed by atoms with van der Waals surface area (Å²) in [6.07, 6.45) is 6.50. The number of nitrogens with zero attached hydrogens (tertiary/aromatic N) is 1. The molecule has 3 nitrogen and oxygen atoms in total. The van der Waals surface area contributed by atoms with E-state index in [1.54, 1.807) is 4.90 Å². The molecule has 1 amide bonds. The van der Waals surface area contributed by atoms with Crippen LogP contribution in [0.5, 0.6) is 0 Å². The molecule has 0 saturated heterocycles. The lowest BCUT2D eigenvalue weighted by Crippen LogP contribution is -2.41. The van der Waals surface area contributed by atoms with E-state index in [4.69, 9.17) is 0 Å². The highest BCUT2D eigenvalue weighted by molar-refractivity contribution is 5.77. The second kappa shape index (κ2) is 7.00. The fourth-order valence-corrected chi connectivity index (χ4v) is 2.75. The molecule has 0 bridgehead atoms. The Morgan fingerprint density at radius 2 is 2.06 bits per heavy atom. The second-order valence-corrected chi connectivity index (χ2v) is 6.03. The van der Waals surface area contributed by atoms with Crippen molar-refractivity contribution in [2.24, 2.45) is 11.8 Å². The Morgan fingerprint density at radius 3 is 2.65 bits per heavy atom. The van der Waals surface area contributed by atoms with Crippen molar-refractivity contribution in [3.05, 3.63) is 0 Å². The predicted octanol–water partition coefficient (Wildman–Crippen LogP) is 2.27. The Bertz CT molecular complexity index is 238. The van der Waals surface area contributed by atoms with Crippen LogP contribution in [-0.2, 0) is 4.79 Å². The Kier molecular flexibility index (Phi) is 5.96. The van der Waals surface area contributed by atoms with E-state index in [9.17, 15) is 4.79 Å². The fraction of sp³-hybridized carbons (Fsp3) is 0.929. The van der Waals surface area contributed by atoms with Crippen LogP contribution in [0.3, 0.4) is 0 Å². The van der Waals surface area contributed by atoms with Crippen molar-refractivity contribution < 1.29 is 4.79 Å². The highest BCUT2D eigenvalue weighted by Gasteiger charge is 2.22. The van der Waals surface area contributed by atoms with Crippen LogP contribution in [0.25, 0.3) is 0 Å². The van der Waals surface area contributed by atoms with Gasteiger partial charge < -0.3 is 10.2 Å². The summed E-state index contributed by atoms with van der Waals surface area (Å²) in [6.45, 7) is 5.09. The van der Waals surface area contributed by atoms with Crippen molar-refractivity contribution in [3.8, 4) is 0 Å². The molecule has 0 aliphatic heterocycles. The van der Waals surface area contributed by atoms with Gasteiger partial charge in [-0.2, -0.15) is 0 Å². The normalized spacial score (nSPS) is 25.0. The van der Waals surface area contributed by atoms with E-state index < -0.39 is 0 Å². The van der Waals surface area contributed by atoms with Gasteiger partial charge in [0.25, 0.3) is 0 Å². The first kappa shape index (κ1) is 14.5. The van der Waals surface area contributed by atoms with Crippen LogP contribution < -0.4 is 5.32 Å². The number of amides is 1. The minimum Gasteiger partial charge on any atom is -0.348 e. The van der Waals surface area contributed by atoms with Crippen molar-refractivity contribution >= 4 is 5.91 Å². The Labute approximate surface area is 106 Å². The molecule has 1 fully saturated rings. The lowest BCUT2D eigenvalue weighted by Gasteiger charge is -2.31. The first-order chi connectivity index (χ1) is 7.99. The molecule has 100 valence electrons. The first-order valence-electron chi connectivity index (χ1n) is 6.92. The molecule has 0 spiro atoms. The third kappa shape index (κ3) is 5.53. The van der Waals surface area contributed by atoms with Crippen LogP contribution in [0.1, 0.15) is 46.0 Å². The maximum atomic E-state index is 11.5. The van der Waals surface area contributed by atoms with E-state index >= 15 is 0 Å². The number of nitrogens with one attached hydrogen (secondary N) is 1. The number of hydrogen-bond acceptors (Lipinski definition) is 2. The zero-order valence-corrected chi connectivity index (χ0v) is 11.8. The van der Waals surface area contributed by atoms with Crippen LogP contribution in [0.4, 0.5) is 0 Å². The average molecular weight is 240 g/mol. The molecule has 1 N–H and O–H groups in total. The van der Waals surface area contributed by atoms with Crippen LogP contribution in [0.15, 0.2) is 0 Å². The second-order valence-electron chi connectivity index (χ2n) is 6.03. The summed E-state index contributed by atoms with van der Waals surface area (Å²) in [5.74, 6) is 1.83. The van der Waals surface area contributed by atoms with E-state index in [1.165, 1.54) is 32.1 Å². The SMILES string of the molecule is CC(C)CC1CCCC(NCC(=O)N(C)C)C1. The molecule has 0 aromatic carbocycles. The van der Waals surface area contributed by atoms with Gasteiger partial charge >= 0.3 is 0 Å². The van der Waals surface area contributed by atoms with Gasteiger partial charge in [-0.3, -0.25) is 4.79 Å². The largest absolute Gasteiger partial charge is 0.348 e. The Balaban J connectivity index is 2.27. The number of likely N-dealkylation sites (N-methyl/N-ethyl adjacent to an activating group) is 1. The van der Waals surface area contributed by atoms with Crippen LogP contribution in [0.2, 0.25) is 0 Å². The molecular formula is C14H28N2O. The van der Waals surface area contributed by atoms with Gasteiger partial charge in [-0.05, 0) is 31.1 Å². The summed E-state index contributed by atoms with van der Waals surface area (Å²) in [5.41, 5.74) is 0. The van der Waals surface area contributed by atoms with Crippen LogP contribution in [-0.4, -0.2) is 37.5 Å². The van der Waals surface area contributed by atoms with E-state index in [0.29, 0.717) is 12.6 Å². The molecule has 1 aliphatic rings. The van der Waals surface area contributed by atoms with Crippen molar-refractivity contribution in [3.63, 3.8) is 0 Å². The van der Waals surface area contributed by atoms with Crippen molar-refractivity contribution in [2.75, 3.05) is 20.6 Å². The Morgan fingerprint density at radius 1 is 1.35 bits per heavy atom. The summed E-state index contributed by atoms with van der Waals surface area (Å²) < 4.78 is 0. The molecule has 2 atom stereocenters. The monoisotopic (exact) mass is 240 g/mol. The number of hydrogen-bond donors (Lipinski definition) is 1. The summed E-state index contributed by atoms with van der Waals surface area (Å²) in [4.78, 5) is 13.2. The smallest absolute Gasteiger partial charge is 0.236 e. The zero-order valence-electron chi connectivity index (χ0n) is 11.8. The molecule has 0 heterocycles. The molecule has 1 rings (SSSR count). The summed E-state index contributed by atoms with van der Waals surface area (Å²) in [7, 11) is 3.62. The van der Waals surface area contributed by atoms with Crippen molar-refractivity contribution in [1.82, 2.24) is 10.2 Å². The topological polar surface area (TPSA) is 32.3 Å². The molecule has 17 heavy (non-hydrogen) atoms. The first-order valence-corrected chi connectivity index (χ1v) is 6.92. The third-order valence-electron chi connectivity index (χ3n) is 3.63. The number of rotatable bonds is 5. The van der Waals surface area contributed by atoms with E-state index in [0.717, 1.165) is 11.8 Å². The van der Waals surface area contributed by atoms with E-state index in [1.807, 2.05) is 14.1 Å². The van der Waals surface area contributed by atoms with Gasteiger partial charge in [0.1, 0.15) is 0 Å². The molecule has 1 aliphatic carbocycles. The standard InChI is InChI=1S/C14H28N2O/c1-11(2)8-12-6-5-7-13(9-12)15-10-14(17)16(3)4/h11-13,15H,5-10H2,1-4H3. The average Bonchev–Trinajstić information content (AvgIpc) is 2.25. The molecule has 1 saturated carbocycles. The quantitative estimate of drug-likeness (QED) is 0.799. The predicted molar refractivity (Wildman–Crippen MR) is 71.9 cm³/mol. The van der Waals surface area contributed by atoms with Gasteiger partial charge in [0.2, 0.25) is 5.91 Å². The highest BCUT2D eigenvalue weighted by atomic mass is 16.2. The summed E-state index contributed by atoms with van der Waals surface area (Å²) >= 11 is 0. The van der Waals surface area contributed by atoms with Gasteiger partial charge in [-0.25, -0.2) is 0 Å². The minimum atomic E-state index is 0.177. The van der Waals surface area contributed by atoms with Gasteiger partial charge in [-0.15, -0.1) is 0 Å². The van der Waals surface area contributed by atoms with E-state index in [-0.39, 0.29) is 5.91 Å². The lowest BCUT2D eigenvalue weighted by molar-refractivity contribution is -0.127.